The number of nitrogens with zero attached hydrogens (tertiary/aromatic N) is 7. The van der Waals surface area contributed by atoms with Crippen LogP contribution in [0.3, 0.4) is 0 Å². The number of hydrogen-bond acceptors (Lipinski definition) is 9. The summed E-state index contributed by atoms with van der Waals surface area (Å²) in [6.07, 6.45) is 5.13. The van der Waals surface area contributed by atoms with Gasteiger partial charge in [-0.05, 0) is 37.1 Å². The second-order valence-electron chi connectivity index (χ2n) is 10.3. The van der Waals surface area contributed by atoms with Crippen molar-refractivity contribution in [3.8, 4) is 17.0 Å². The summed E-state index contributed by atoms with van der Waals surface area (Å²) in [6, 6.07) is 15.5. The van der Waals surface area contributed by atoms with Crippen LogP contribution in [0.4, 0.5) is 16.6 Å². The fourth-order valence-corrected chi connectivity index (χ4v) is 6.46. The van der Waals surface area contributed by atoms with Gasteiger partial charge in [0.25, 0.3) is 5.91 Å². The van der Waals surface area contributed by atoms with Crippen LogP contribution < -0.4 is 20.7 Å². The van der Waals surface area contributed by atoms with E-state index in [2.05, 4.69) is 25.2 Å². The molecular weight excluding hydrogens is 550 g/mol. The lowest BCUT2D eigenvalue weighted by molar-refractivity contribution is 0.101. The molecule has 42 heavy (non-hydrogen) atoms. The van der Waals surface area contributed by atoms with Gasteiger partial charge in [0, 0.05) is 48.2 Å². The maximum absolute atomic E-state index is 13.3. The molecule has 4 aromatic heterocycles. The van der Waals surface area contributed by atoms with Crippen molar-refractivity contribution >= 4 is 55.8 Å². The topological polar surface area (TPSA) is 129 Å². The number of para-hydroxylation sites is 1. The van der Waals surface area contributed by atoms with Gasteiger partial charge in [0.05, 0.1) is 24.2 Å². The maximum Gasteiger partial charge on any atom is 0.272 e. The number of rotatable bonds is 6. The Bertz CT molecular complexity index is 1920. The third kappa shape index (κ3) is 4.40. The lowest BCUT2D eigenvalue weighted by Crippen LogP contribution is -2.34. The molecule has 1 aliphatic heterocycles. The summed E-state index contributed by atoms with van der Waals surface area (Å²) in [5, 5.41) is 12.8. The largest absolute Gasteiger partial charge is 0.495 e. The summed E-state index contributed by atoms with van der Waals surface area (Å²) in [5.74, 6) is 0.652. The van der Waals surface area contributed by atoms with Gasteiger partial charge in [-0.2, -0.15) is 5.10 Å². The zero-order valence-corrected chi connectivity index (χ0v) is 24.0. The molecular formula is C30H29N9O2S. The molecule has 1 saturated heterocycles. The van der Waals surface area contributed by atoms with Gasteiger partial charge < -0.3 is 25.3 Å². The van der Waals surface area contributed by atoms with E-state index in [-0.39, 0.29) is 11.9 Å². The molecule has 7 rings (SSSR count). The van der Waals surface area contributed by atoms with Crippen molar-refractivity contribution in [3.05, 3.63) is 72.1 Å². The first kappa shape index (κ1) is 26.0. The Morgan fingerprint density at radius 1 is 1.10 bits per heavy atom. The minimum Gasteiger partial charge on any atom is -0.495 e. The Balaban J connectivity index is 1.20. The third-order valence-corrected chi connectivity index (χ3v) is 8.76. The zero-order chi connectivity index (χ0) is 28.8. The fraction of sp³-hybridized carbons (Fsp3) is 0.233. The molecule has 0 spiro atoms. The van der Waals surface area contributed by atoms with Gasteiger partial charge >= 0.3 is 0 Å². The van der Waals surface area contributed by atoms with Gasteiger partial charge in [0.15, 0.2) is 10.8 Å². The van der Waals surface area contributed by atoms with Crippen molar-refractivity contribution in [2.75, 3.05) is 36.1 Å². The molecule has 5 heterocycles. The van der Waals surface area contributed by atoms with Crippen LogP contribution in [0.15, 0.2) is 66.4 Å². The highest BCUT2D eigenvalue weighted by Crippen LogP contribution is 2.38. The summed E-state index contributed by atoms with van der Waals surface area (Å²) in [5.41, 5.74) is 10.7. The highest BCUT2D eigenvalue weighted by Gasteiger charge is 2.27. The molecule has 6 aromatic rings. The number of carbonyl (C=O) groups excluding carboxylic acids is 1. The van der Waals surface area contributed by atoms with Crippen molar-refractivity contribution in [2.45, 2.75) is 18.9 Å². The van der Waals surface area contributed by atoms with Gasteiger partial charge in [-0.1, -0.05) is 24.3 Å². The van der Waals surface area contributed by atoms with Gasteiger partial charge in [-0.3, -0.25) is 4.79 Å². The summed E-state index contributed by atoms with van der Waals surface area (Å²) < 4.78 is 9.59. The second kappa shape index (κ2) is 10.5. The van der Waals surface area contributed by atoms with E-state index in [1.165, 1.54) is 6.33 Å². The van der Waals surface area contributed by atoms with Gasteiger partial charge in [0.1, 0.15) is 29.3 Å². The summed E-state index contributed by atoms with van der Waals surface area (Å²) >= 11 is 1.66. The number of anilines is 3. The average Bonchev–Trinajstić information content (AvgIpc) is 3.76. The van der Waals surface area contributed by atoms with E-state index in [1.54, 1.807) is 18.4 Å². The van der Waals surface area contributed by atoms with Crippen molar-refractivity contribution in [1.82, 2.24) is 29.3 Å². The molecule has 0 unspecified atom stereocenters. The number of fused-ring (bicyclic) bond motifs is 2. The van der Waals surface area contributed by atoms with Crippen LogP contribution in [-0.2, 0) is 7.05 Å². The Kier molecular flexibility index (Phi) is 6.46. The SMILES string of the molecule is COc1cc(-c2nn(C3CCN(c4nccs4)CC3)c3ncnc(N)c23)ccc1NC(=O)c1cc2ccccc2n1C. The molecule has 1 fully saturated rings. The number of carbonyl (C=O) groups is 1. The first-order valence-electron chi connectivity index (χ1n) is 13.7. The first-order valence-corrected chi connectivity index (χ1v) is 14.6. The van der Waals surface area contributed by atoms with Crippen molar-refractivity contribution in [3.63, 3.8) is 0 Å². The minimum atomic E-state index is -0.226. The molecule has 0 bridgehead atoms. The minimum absolute atomic E-state index is 0.160. The number of thiazole rings is 1. The maximum atomic E-state index is 13.3. The Morgan fingerprint density at radius 2 is 1.93 bits per heavy atom. The van der Waals surface area contributed by atoms with E-state index >= 15 is 0 Å². The molecule has 3 N–H and O–H groups in total. The highest BCUT2D eigenvalue weighted by molar-refractivity contribution is 7.13. The Hall–Kier alpha value is -4.97. The molecule has 212 valence electrons. The first-order chi connectivity index (χ1) is 20.5. The molecule has 1 amide bonds. The number of hydrogen-bond donors (Lipinski definition) is 2. The van der Waals surface area contributed by atoms with Crippen LogP contribution >= 0.6 is 11.3 Å². The van der Waals surface area contributed by atoms with E-state index in [1.807, 2.05) is 76.4 Å². The number of nitrogen functional groups attached to an aromatic ring is 1. The van der Waals surface area contributed by atoms with Gasteiger partial charge in [-0.25, -0.2) is 19.6 Å². The normalized spacial score (nSPS) is 14.1. The van der Waals surface area contributed by atoms with Crippen LogP contribution in [0.1, 0.15) is 29.4 Å². The monoisotopic (exact) mass is 579 g/mol. The molecule has 2 aromatic carbocycles. The second-order valence-corrected chi connectivity index (χ2v) is 11.2. The Morgan fingerprint density at radius 3 is 2.69 bits per heavy atom. The van der Waals surface area contributed by atoms with E-state index < -0.39 is 0 Å². The summed E-state index contributed by atoms with van der Waals surface area (Å²) in [7, 11) is 3.46. The molecule has 0 aliphatic carbocycles. The average molecular weight is 580 g/mol. The van der Waals surface area contributed by atoms with Crippen molar-refractivity contribution in [2.24, 2.45) is 7.05 Å². The smallest absolute Gasteiger partial charge is 0.272 e. The number of aromatic nitrogens is 6. The summed E-state index contributed by atoms with van der Waals surface area (Å²) in [6.45, 7) is 1.77. The van der Waals surface area contributed by atoms with Crippen molar-refractivity contribution < 1.29 is 9.53 Å². The number of nitrogens with one attached hydrogen (secondary N) is 1. The van der Waals surface area contributed by atoms with Crippen LogP contribution in [0.5, 0.6) is 5.75 Å². The quantitative estimate of drug-likeness (QED) is 0.278. The summed E-state index contributed by atoms with van der Waals surface area (Å²) in [4.78, 5) is 28.9. The van der Waals surface area contributed by atoms with E-state index in [0.29, 0.717) is 39.7 Å². The number of nitrogens with two attached hydrogens (primary N) is 1. The molecule has 0 atom stereocenters. The third-order valence-electron chi connectivity index (χ3n) is 7.93. The number of benzene rings is 2. The molecule has 0 saturated carbocycles. The van der Waals surface area contributed by atoms with Crippen molar-refractivity contribution in [1.29, 1.82) is 0 Å². The number of amides is 1. The van der Waals surface area contributed by atoms with Gasteiger partial charge in [-0.15, -0.1) is 11.3 Å². The van der Waals surface area contributed by atoms with Gasteiger partial charge in [0.2, 0.25) is 0 Å². The predicted molar refractivity (Wildman–Crippen MR) is 165 cm³/mol. The number of aryl methyl sites for hydroxylation is 1. The fourth-order valence-electron chi connectivity index (χ4n) is 5.76. The highest BCUT2D eigenvalue weighted by atomic mass is 32.1. The van der Waals surface area contributed by atoms with E-state index in [9.17, 15) is 4.79 Å². The van der Waals surface area contributed by atoms with Crippen LogP contribution in [0.2, 0.25) is 0 Å². The number of piperidine rings is 1. The van der Waals surface area contributed by atoms with Crippen LogP contribution in [0, 0.1) is 0 Å². The van der Waals surface area contributed by atoms with E-state index in [0.717, 1.165) is 47.5 Å². The van der Waals surface area contributed by atoms with Crippen LogP contribution in [-0.4, -0.2) is 55.4 Å². The lowest BCUT2D eigenvalue weighted by Gasteiger charge is -2.31. The zero-order valence-electron chi connectivity index (χ0n) is 23.2. The molecule has 12 heteroatoms. The van der Waals surface area contributed by atoms with Crippen LogP contribution in [0.25, 0.3) is 33.2 Å². The Labute approximate surface area is 245 Å². The number of methoxy groups -OCH3 is 1. The van der Waals surface area contributed by atoms with E-state index in [4.69, 9.17) is 15.6 Å². The molecule has 11 nitrogen and oxygen atoms in total. The molecule has 1 aliphatic rings. The predicted octanol–water partition coefficient (Wildman–Crippen LogP) is 5.13. The standard InChI is InChI=1S/C30H29N9O2S/c1-37-22-6-4-3-5-18(22)15-23(37)29(40)35-21-8-7-19(16-24(21)41-2)26-25-27(31)33-17-34-28(25)39(36-26)20-9-12-38(13-10-20)30-32-11-14-42-30/h3-8,11,14-17,20H,9-10,12-13H2,1-2H3,(H,35,40)(H2,31,33,34). The molecule has 0 radical (unpaired) electrons. The number of ether oxygens (including phenoxy) is 1. The lowest BCUT2D eigenvalue weighted by atomic mass is 10.1.